The number of hydrogen-bond acceptors (Lipinski definition) is 3. The normalized spacial score (nSPS) is 16.9. The van der Waals surface area contributed by atoms with Gasteiger partial charge in [0.25, 0.3) is 5.91 Å². The fraction of sp³-hybridized carbons (Fsp3) is 0.368. The number of hydrogen-bond donors (Lipinski definition) is 1. The van der Waals surface area contributed by atoms with E-state index in [4.69, 9.17) is 9.84 Å². The minimum Gasteiger partial charge on any atom is -0.497 e. The number of nitrogens with zero attached hydrogens (tertiary/aromatic N) is 2. The number of carboxylic acid groups (broad SMARTS) is 1. The van der Waals surface area contributed by atoms with Crippen LogP contribution in [0.3, 0.4) is 0 Å². The second-order valence-corrected chi connectivity index (χ2v) is 6.39. The molecule has 1 aliphatic rings. The first-order valence-corrected chi connectivity index (χ1v) is 8.27. The van der Waals surface area contributed by atoms with Crippen LogP contribution in [0, 0.1) is 19.8 Å². The number of benzene rings is 1. The highest BCUT2D eigenvalue weighted by Crippen LogP contribution is 2.26. The summed E-state index contributed by atoms with van der Waals surface area (Å²) in [6.45, 7) is 4.63. The first-order valence-electron chi connectivity index (χ1n) is 8.27. The van der Waals surface area contributed by atoms with Gasteiger partial charge in [0.05, 0.1) is 18.6 Å². The van der Waals surface area contributed by atoms with E-state index in [1.165, 1.54) is 0 Å². The predicted octanol–water partition coefficient (Wildman–Crippen LogP) is 2.65. The van der Waals surface area contributed by atoms with E-state index in [1.54, 1.807) is 12.0 Å². The predicted molar refractivity (Wildman–Crippen MR) is 93.4 cm³/mol. The molecular weight excluding hydrogens is 320 g/mol. The second-order valence-electron chi connectivity index (χ2n) is 6.39. The minimum absolute atomic E-state index is 0.100. The maximum absolute atomic E-state index is 12.8. The van der Waals surface area contributed by atoms with E-state index < -0.39 is 11.9 Å². The highest BCUT2D eigenvalue weighted by atomic mass is 16.5. The smallest absolute Gasteiger partial charge is 0.308 e. The van der Waals surface area contributed by atoms with E-state index in [0.717, 1.165) is 22.8 Å². The van der Waals surface area contributed by atoms with E-state index in [9.17, 15) is 9.59 Å². The van der Waals surface area contributed by atoms with E-state index in [1.807, 2.05) is 48.7 Å². The molecule has 1 aromatic carbocycles. The number of methoxy groups -OCH3 is 1. The summed E-state index contributed by atoms with van der Waals surface area (Å²) in [4.78, 5) is 25.6. The molecule has 0 bridgehead atoms. The Morgan fingerprint density at radius 2 is 1.88 bits per heavy atom. The number of aryl methyl sites for hydroxylation is 1. The van der Waals surface area contributed by atoms with Crippen LogP contribution in [0.1, 0.15) is 28.2 Å². The van der Waals surface area contributed by atoms with Crippen LogP contribution in [-0.4, -0.2) is 46.6 Å². The Hall–Kier alpha value is -2.76. The number of aliphatic carboxylic acids is 1. The average Bonchev–Trinajstić information content (AvgIpc) is 3.20. The van der Waals surface area contributed by atoms with Crippen molar-refractivity contribution in [3.63, 3.8) is 0 Å². The molecule has 6 heteroatoms. The van der Waals surface area contributed by atoms with Crippen molar-refractivity contribution in [2.75, 3.05) is 20.2 Å². The fourth-order valence-corrected chi connectivity index (χ4v) is 3.42. The Morgan fingerprint density at radius 3 is 2.44 bits per heavy atom. The molecule has 2 heterocycles. The Kier molecular flexibility index (Phi) is 4.53. The van der Waals surface area contributed by atoms with Crippen LogP contribution in [0.4, 0.5) is 0 Å². The van der Waals surface area contributed by atoms with Gasteiger partial charge in [-0.25, -0.2) is 0 Å². The summed E-state index contributed by atoms with van der Waals surface area (Å²) in [6, 6.07) is 9.53. The number of carbonyl (C=O) groups excluding carboxylic acids is 1. The van der Waals surface area contributed by atoms with E-state index >= 15 is 0 Å². The maximum Gasteiger partial charge on any atom is 0.308 e. The molecule has 0 saturated carbocycles. The SMILES string of the molecule is COc1ccc(-n2c(C)cc(C(=O)N3CC[C@H](C(=O)O)C3)c2C)cc1. The molecule has 2 aromatic rings. The topological polar surface area (TPSA) is 71.8 Å². The van der Waals surface area contributed by atoms with Crippen LogP contribution in [0.5, 0.6) is 5.75 Å². The van der Waals surface area contributed by atoms with Crippen molar-refractivity contribution in [3.8, 4) is 11.4 Å². The molecule has 1 atom stereocenters. The van der Waals surface area contributed by atoms with Crippen molar-refractivity contribution in [3.05, 3.63) is 47.3 Å². The lowest BCUT2D eigenvalue weighted by atomic mass is 10.1. The Morgan fingerprint density at radius 1 is 1.20 bits per heavy atom. The van der Waals surface area contributed by atoms with Gasteiger partial charge >= 0.3 is 5.97 Å². The van der Waals surface area contributed by atoms with Crippen LogP contribution in [0.15, 0.2) is 30.3 Å². The lowest BCUT2D eigenvalue weighted by Gasteiger charge is -2.16. The van der Waals surface area contributed by atoms with Crippen molar-refractivity contribution >= 4 is 11.9 Å². The van der Waals surface area contributed by atoms with E-state index in [-0.39, 0.29) is 12.5 Å². The van der Waals surface area contributed by atoms with Crippen LogP contribution in [-0.2, 0) is 4.79 Å². The molecule has 1 saturated heterocycles. The number of carbonyl (C=O) groups is 2. The molecule has 0 aliphatic carbocycles. The number of rotatable bonds is 4. The third kappa shape index (κ3) is 3.12. The highest BCUT2D eigenvalue weighted by molar-refractivity contribution is 5.96. The molecule has 0 unspecified atom stereocenters. The second kappa shape index (κ2) is 6.63. The van der Waals surface area contributed by atoms with Crippen LogP contribution >= 0.6 is 0 Å². The van der Waals surface area contributed by atoms with Crippen LogP contribution in [0.2, 0.25) is 0 Å². The standard InChI is InChI=1S/C19H22N2O4/c1-12-10-17(18(22)20-9-8-14(11-20)19(23)24)13(2)21(12)15-4-6-16(25-3)7-5-15/h4-7,10,14H,8-9,11H2,1-3H3,(H,23,24)/t14-/m0/s1. The highest BCUT2D eigenvalue weighted by Gasteiger charge is 2.32. The molecule has 1 N–H and O–H groups in total. The van der Waals surface area contributed by atoms with Crippen molar-refractivity contribution in [2.45, 2.75) is 20.3 Å². The maximum atomic E-state index is 12.8. The molecule has 25 heavy (non-hydrogen) atoms. The Balaban J connectivity index is 1.89. The van der Waals surface area contributed by atoms with Gasteiger partial charge in [0, 0.05) is 30.2 Å². The summed E-state index contributed by atoms with van der Waals surface area (Å²) in [5, 5.41) is 9.13. The summed E-state index contributed by atoms with van der Waals surface area (Å²) < 4.78 is 7.21. The molecule has 0 spiro atoms. The molecule has 6 nitrogen and oxygen atoms in total. The molecule has 1 amide bonds. The number of likely N-dealkylation sites (tertiary alicyclic amines) is 1. The first-order chi connectivity index (χ1) is 11.9. The average molecular weight is 342 g/mol. The third-order valence-electron chi connectivity index (χ3n) is 4.82. The molecule has 132 valence electrons. The summed E-state index contributed by atoms with van der Waals surface area (Å²) in [5.41, 5.74) is 3.39. The van der Waals surface area contributed by atoms with Gasteiger partial charge in [-0.2, -0.15) is 0 Å². The number of ether oxygens (including phenoxy) is 1. The van der Waals surface area contributed by atoms with Crippen molar-refractivity contribution < 1.29 is 19.4 Å². The van der Waals surface area contributed by atoms with Crippen LogP contribution in [0.25, 0.3) is 5.69 Å². The van der Waals surface area contributed by atoms with Crippen molar-refractivity contribution in [1.29, 1.82) is 0 Å². The summed E-state index contributed by atoms with van der Waals surface area (Å²) >= 11 is 0. The first kappa shape index (κ1) is 17.1. The monoisotopic (exact) mass is 342 g/mol. The summed E-state index contributed by atoms with van der Waals surface area (Å²) in [6.07, 6.45) is 0.512. The van der Waals surface area contributed by atoms with Gasteiger partial charge in [-0.15, -0.1) is 0 Å². The van der Waals surface area contributed by atoms with Crippen molar-refractivity contribution in [1.82, 2.24) is 9.47 Å². The summed E-state index contributed by atoms with van der Waals surface area (Å²) in [7, 11) is 1.62. The quantitative estimate of drug-likeness (QED) is 0.927. The van der Waals surface area contributed by atoms with E-state index in [2.05, 4.69) is 0 Å². The van der Waals surface area contributed by atoms with Gasteiger partial charge in [-0.05, 0) is 50.6 Å². The van der Waals surface area contributed by atoms with Gasteiger partial charge in [0.2, 0.25) is 0 Å². The zero-order valence-electron chi connectivity index (χ0n) is 14.7. The van der Waals surface area contributed by atoms with Gasteiger partial charge in [-0.3, -0.25) is 9.59 Å². The number of aromatic nitrogens is 1. The molecule has 3 rings (SSSR count). The molecule has 1 aromatic heterocycles. The van der Waals surface area contributed by atoms with Gasteiger partial charge < -0.3 is 19.3 Å². The fourth-order valence-electron chi connectivity index (χ4n) is 3.42. The largest absolute Gasteiger partial charge is 0.497 e. The lowest BCUT2D eigenvalue weighted by molar-refractivity contribution is -0.141. The van der Waals surface area contributed by atoms with Crippen LogP contribution < -0.4 is 4.74 Å². The summed E-state index contributed by atoms with van der Waals surface area (Å²) in [5.74, 6) is -0.621. The number of amides is 1. The molecule has 0 radical (unpaired) electrons. The van der Waals surface area contributed by atoms with E-state index in [0.29, 0.717) is 18.5 Å². The molecule has 1 fully saturated rings. The zero-order chi connectivity index (χ0) is 18.1. The van der Waals surface area contributed by atoms with Gasteiger partial charge in [0.1, 0.15) is 5.75 Å². The zero-order valence-corrected chi connectivity index (χ0v) is 14.7. The third-order valence-corrected chi connectivity index (χ3v) is 4.82. The number of carboxylic acids is 1. The lowest BCUT2D eigenvalue weighted by Crippen LogP contribution is -2.30. The van der Waals surface area contributed by atoms with Gasteiger partial charge in [-0.1, -0.05) is 0 Å². The Labute approximate surface area is 146 Å². The minimum atomic E-state index is -0.834. The molecular formula is C19H22N2O4. The van der Waals surface area contributed by atoms with Crippen molar-refractivity contribution in [2.24, 2.45) is 5.92 Å². The van der Waals surface area contributed by atoms with Gasteiger partial charge in [0.15, 0.2) is 0 Å². The Bertz CT molecular complexity index is 808. The molecule has 1 aliphatic heterocycles.